The van der Waals surface area contributed by atoms with Crippen molar-refractivity contribution >= 4 is 17.6 Å². The molecule has 25 heavy (non-hydrogen) atoms. The third-order valence-corrected chi connectivity index (χ3v) is 3.96. The van der Waals surface area contributed by atoms with Gasteiger partial charge in [-0.3, -0.25) is 0 Å². The first-order valence-corrected chi connectivity index (χ1v) is 8.37. The van der Waals surface area contributed by atoms with Crippen LogP contribution < -0.4 is 20.1 Å². The van der Waals surface area contributed by atoms with Crippen molar-refractivity contribution < 1.29 is 14.3 Å². The number of rotatable bonds is 7. The van der Waals surface area contributed by atoms with E-state index in [-0.39, 0.29) is 6.03 Å². The number of hydrogen-bond acceptors (Lipinski definition) is 3. The van der Waals surface area contributed by atoms with Crippen LogP contribution in [0, 0.1) is 0 Å². The van der Waals surface area contributed by atoms with E-state index in [0.29, 0.717) is 18.2 Å². The van der Waals surface area contributed by atoms with Gasteiger partial charge in [-0.2, -0.15) is 0 Å². The highest BCUT2D eigenvalue weighted by molar-refractivity contribution is 6.30. The smallest absolute Gasteiger partial charge is 0.315 e. The van der Waals surface area contributed by atoms with Crippen LogP contribution in [0.2, 0.25) is 5.02 Å². The van der Waals surface area contributed by atoms with Crippen molar-refractivity contribution in [3.8, 4) is 11.5 Å². The maximum absolute atomic E-state index is 12.1. The molecule has 5 nitrogen and oxygen atoms in total. The summed E-state index contributed by atoms with van der Waals surface area (Å²) in [6, 6.07) is 14.4. The van der Waals surface area contributed by atoms with Gasteiger partial charge in [-0.15, -0.1) is 0 Å². The van der Waals surface area contributed by atoms with Crippen molar-refractivity contribution in [1.29, 1.82) is 0 Å². The summed E-state index contributed by atoms with van der Waals surface area (Å²) < 4.78 is 10.7. The molecule has 0 aliphatic heterocycles. The Hall–Kier alpha value is -2.40. The van der Waals surface area contributed by atoms with Crippen LogP contribution in [0.25, 0.3) is 0 Å². The molecule has 0 saturated carbocycles. The summed E-state index contributed by atoms with van der Waals surface area (Å²) >= 11 is 5.90. The number of halogens is 1. The predicted molar refractivity (Wildman–Crippen MR) is 99.5 cm³/mol. The zero-order valence-electron chi connectivity index (χ0n) is 14.6. The predicted octanol–water partition coefficient (Wildman–Crippen LogP) is 3.96. The molecule has 2 aromatic rings. The van der Waals surface area contributed by atoms with Crippen LogP contribution in [0.4, 0.5) is 4.79 Å². The second-order valence-corrected chi connectivity index (χ2v) is 6.47. The van der Waals surface area contributed by atoms with Gasteiger partial charge in [0, 0.05) is 5.02 Å². The quantitative estimate of drug-likeness (QED) is 0.733. The molecule has 0 bridgehead atoms. The van der Waals surface area contributed by atoms with E-state index in [4.69, 9.17) is 21.1 Å². The summed E-state index contributed by atoms with van der Waals surface area (Å²) in [5.74, 6) is 1.50. The van der Waals surface area contributed by atoms with Gasteiger partial charge in [-0.25, -0.2) is 4.79 Å². The molecule has 134 valence electrons. The van der Waals surface area contributed by atoms with Crippen LogP contribution in [0.1, 0.15) is 19.4 Å². The SMILES string of the molecule is COc1ccc(OCCNC(=O)NC(C)(C)c2ccc(Cl)cc2)cc1. The van der Waals surface area contributed by atoms with E-state index in [2.05, 4.69) is 10.6 Å². The molecule has 0 radical (unpaired) electrons. The highest BCUT2D eigenvalue weighted by atomic mass is 35.5. The largest absolute Gasteiger partial charge is 0.497 e. The fraction of sp³-hybridized carbons (Fsp3) is 0.316. The number of carbonyl (C=O) groups excluding carboxylic acids is 1. The lowest BCUT2D eigenvalue weighted by molar-refractivity contribution is 0.226. The van der Waals surface area contributed by atoms with E-state index in [1.54, 1.807) is 19.2 Å². The minimum absolute atomic E-state index is 0.252. The fourth-order valence-electron chi connectivity index (χ4n) is 2.27. The highest BCUT2D eigenvalue weighted by Crippen LogP contribution is 2.21. The first kappa shape index (κ1) is 18.9. The van der Waals surface area contributed by atoms with E-state index in [9.17, 15) is 4.79 Å². The van der Waals surface area contributed by atoms with Gasteiger partial charge in [0.15, 0.2) is 0 Å². The number of hydrogen-bond donors (Lipinski definition) is 2. The summed E-state index contributed by atoms with van der Waals surface area (Å²) in [5, 5.41) is 6.39. The van der Waals surface area contributed by atoms with Crippen LogP contribution >= 0.6 is 11.6 Å². The Balaban J connectivity index is 1.75. The molecule has 0 unspecified atom stereocenters. The Morgan fingerprint density at radius 1 is 1.04 bits per heavy atom. The number of benzene rings is 2. The summed E-state index contributed by atoms with van der Waals surface area (Å²) in [6.07, 6.45) is 0. The molecule has 0 heterocycles. The molecule has 0 spiro atoms. The molecule has 0 aliphatic rings. The molecule has 6 heteroatoms. The molecule has 0 fully saturated rings. The first-order valence-electron chi connectivity index (χ1n) is 7.99. The summed E-state index contributed by atoms with van der Waals surface area (Å²) in [6.45, 7) is 4.64. The summed E-state index contributed by atoms with van der Waals surface area (Å²) in [4.78, 5) is 12.1. The van der Waals surface area contributed by atoms with Gasteiger partial charge in [0.05, 0.1) is 19.2 Å². The number of ether oxygens (including phenoxy) is 2. The van der Waals surface area contributed by atoms with Crippen molar-refractivity contribution in [3.05, 3.63) is 59.1 Å². The zero-order valence-corrected chi connectivity index (χ0v) is 15.4. The van der Waals surface area contributed by atoms with Gasteiger partial charge >= 0.3 is 6.03 Å². The lowest BCUT2D eigenvalue weighted by atomic mass is 9.94. The number of urea groups is 1. The molecule has 2 rings (SSSR count). The number of nitrogens with one attached hydrogen (secondary N) is 2. The Bertz CT molecular complexity index is 685. The normalized spacial score (nSPS) is 10.9. The third kappa shape index (κ3) is 5.87. The molecule has 2 amide bonds. The van der Waals surface area contributed by atoms with Crippen molar-refractivity contribution in [3.63, 3.8) is 0 Å². The second kappa shape index (κ2) is 8.62. The van der Waals surface area contributed by atoms with Crippen LogP contribution in [0.15, 0.2) is 48.5 Å². The number of methoxy groups -OCH3 is 1. The maximum atomic E-state index is 12.1. The molecular weight excluding hydrogens is 340 g/mol. The zero-order chi connectivity index (χ0) is 18.3. The highest BCUT2D eigenvalue weighted by Gasteiger charge is 2.22. The standard InChI is InChI=1S/C19H23ClN2O3/c1-19(2,14-4-6-15(20)7-5-14)22-18(23)21-12-13-25-17-10-8-16(24-3)9-11-17/h4-11H,12-13H2,1-3H3,(H2,21,22,23). The Labute approximate surface area is 153 Å². The van der Waals surface area contributed by atoms with Crippen LogP contribution in [0.3, 0.4) is 0 Å². The van der Waals surface area contributed by atoms with Gasteiger partial charge in [0.25, 0.3) is 0 Å². The monoisotopic (exact) mass is 362 g/mol. The van der Waals surface area contributed by atoms with E-state index in [1.165, 1.54) is 0 Å². The lowest BCUT2D eigenvalue weighted by Gasteiger charge is -2.27. The average molecular weight is 363 g/mol. The van der Waals surface area contributed by atoms with Crippen molar-refractivity contribution in [2.45, 2.75) is 19.4 Å². The van der Waals surface area contributed by atoms with Gasteiger partial charge in [0.2, 0.25) is 0 Å². The van der Waals surface area contributed by atoms with Gasteiger partial charge in [0.1, 0.15) is 18.1 Å². The van der Waals surface area contributed by atoms with Crippen molar-refractivity contribution in [1.82, 2.24) is 10.6 Å². The first-order chi connectivity index (χ1) is 11.9. The maximum Gasteiger partial charge on any atom is 0.315 e. The molecule has 0 saturated heterocycles. The Morgan fingerprint density at radius 2 is 1.64 bits per heavy atom. The topological polar surface area (TPSA) is 59.6 Å². The average Bonchev–Trinajstić information content (AvgIpc) is 2.59. The summed E-state index contributed by atoms with van der Waals surface area (Å²) in [7, 11) is 1.62. The molecule has 0 aliphatic carbocycles. The van der Waals surface area contributed by atoms with Gasteiger partial charge in [-0.05, 0) is 55.8 Å². The number of carbonyl (C=O) groups is 1. The van der Waals surface area contributed by atoms with Crippen molar-refractivity contribution in [2.75, 3.05) is 20.3 Å². The minimum Gasteiger partial charge on any atom is -0.497 e. The third-order valence-electron chi connectivity index (χ3n) is 3.71. The Morgan fingerprint density at radius 3 is 2.24 bits per heavy atom. The number of amides is 2. The van der Waals surface area contributed by atoms with E-state index < -0.39 is 5.54 Å². The lowest BCUT2D eigenvalue weighted by Crippen LogP contribution is -2.47. The molecular formula is C19H23ClN2O3. The molecule has 0 aromatic heterocycles. The summed E-state index contributed by atoms with van der Waals surface area (Å²) in [5.41, 5.74) is 0.465. The van der Waals surface area contributed by atoms with Crippen molar-refractivity contribution in [2.24, 2.45) is 0 Å². The van der Waals surface area contributed by atoms with E-state index in [1.807, 2.05) is 50.2 Å². The molecule has 2 N–H and O–H groups in total. The van der Waals surface area contributed by atoms with Crippen LogP contribution in [-0.4, -0.2) is 26.3 Å². The molecule has 0 atom stereocenters. The fourth-order valence-corrected chi connectivity index (χ4v) is 2.40. The van der Waals surface area contributed by atoms with Gasteiger partial charge < -0.3 is 20.1 Å². The Kier molecular flexibility index (Phi) is 6.53. The van der Waals surface area contributed by atoms with Crippen LogP contribution in [-0.2, 0) is 5.54 Å². The molecule has 2 aromatic carbocycles. The van der Waals surface area contributed by atoms with Crippen LogP contribution in [0.5, 0.6) is 11.5 Å². The minimum atomic E-state index is -0.508. The van der Waals surface area contributed by atoms with E-state index in [0.717, 1.165) is 17.1 Å². The second-order valence-electron chi connectivity index (χ2n) is 6.04. The van der Waals surface area contributed by atoms with Gasteiger partial charge in [-0.1, -0.05) is 23.7 Å². The van der Waals surface area contributed by atoms with E-state index >= 15 is 0 Å².